The number of fused-ring (bicyclic) bond motifs is 1. The summed E-state index contributed by atoms with van der Waals surface area (Å²) < 4.78 is 0. The fourth-order valence-electron chi connectivity index (χ4n) is 2.31. The second kappa shape index (κ2) is 6.64. The third kappa shape index (κ3) is 3.34. The maximum Gasteiger partial charge on any atom is 0.377 e. The summed E-state index contributed by atoms with van der Waals surface area (Å²) in [4.78, 5) is 27.7. The Labute approximate surface area is 143 Å². The van der Waals surface area contributed by atoms with Crippen LogP contribution < -0.4 is 0 Å². The molecule has 0 unspecified atom stereocenters. The van der Waals surface area contributed by atoms with Crippen LogP contribution in [0, 0.1) is 0 Å². The lowest BCUT2D eigenvalue weighted by Crippen LogP contribution is -2.15. The Balaban J connectivity index is 2.14. The quantitative estimate of drug-likeness (QED) is 0.575. The topological polar surface area (TPSA) is 67.3 Å². The van der Waals surface area contributed by atoms with Gasteiger partial charge in [0.1, 0.15) is 0 Å². The molecule has 4 nitrogen and oxygen atoms in total. The zero-order valence-corrected chi connectivity index (χ0v) is 13.2. The van der Waals surface area contributed by atoms with Crippen molar-refractivity contribution in [3.63, 3.8) is 0 Å². The maximum absolute atomic E-state index is 12.1. The fraction of sp³-hybridized carbons (Fsp3) is 0. The van der Waals surface area contributed by atoms with E-state index < -0.39 is 11.8 Å². The van der Waals surface area contributed by atoms with Crippen molar-refractivity contribution in [1.29, 1.82) is 0 Å². The van der Waals surface area contributed by atoms with Gasteiger partial charge in [0.25, 0.3) is 5.78 Å². The molecule has 0 saturated heterocycles. The molecule has 1 heterocycles. The van der Waals surface area contributed by atoms with E-state index in [1.165, 1.54) is 6.08 Å². The van der Waals surface area contributed by atoms with Crippen LogP contribution in [0.1, 0.15) is 11.3 Å². The van der Waals surface area contributed by atoms with Crippen molar-refractivity contribution in [3.05, 3.63) is 76.9 Å². The minimum atomic E-state index is -1.52. The predicted molar refractivity (Wildman–Crippen MR) is 93.7 cm³/mol. The summed E-state index contributed by atoms with van der Waals surface area (Å²) in [6, 6.07) is 17.6. The Morgan fingerprint density at radius 1 is 0.958 bits per heavy atom. The van der Waals surface area contributed by atoms with Crippen molar-refractivity contribution in [1.82, 2.24) is 4.98 Å². The van der Waals surface area contributed by atoms with E-state index in [4.69, 9.17) is 16.7 Å². The van der Waals surface area contributed by atoms with Crippen LogP contribution in [0.3, 0.4) is 0 Å². The fourth-order valence-corrected chi connectivity index (χ4v) is 2.44. The molecule has 0 radical (unpaired) electrons. The molecule has 0 fully saturated rings. The summed E-state index contributed by atoms with van der Waals surface area (Å²) in [7, 11) is 0. The average molecular weight is 338 g/mol. The third-order valence-corrected chi connectivity index (χ3v) is 3.75. The summed E-state index contributed by atoms with van der Waals surface area (Å²) >= 11 is 5.85. The smallest absolute Gasteiger partial charge is 0.377 e. The number of nitrogens with zero attached hydrogens (tertiary/aromatic N) is 1. The summed E-state index contributed by atoms with van der Waals surface area (Å²) in [6.07, 6.45) is 1.50. The van der Waals surface area contributed by atoms with Crippen molar-refractivity contribution in [3.8, 4) is 0 Å². The number of rotatable bonds is 4. The molecule has 24 heavy (non-hydrogen) atoms. The second-order valence-corrected chi connectivity index (χ2v) is 5.57. The van der Waals surface area contributed by atoms with Crippen molar-refractivity contribution in [2.75, 3.05) is 0 Å². The lowest BCUT2D eigenvalue weighted by molar-refractivity contribution is -0.146. The summed E-state index contributed by atoms with van der Waals surface area (Å²) in [5.74, 6) is -2.53. The number of carboxylic acid groups (broad SMARTS) is 1. The Bertz CT molecular complexity index is 962. The molecule has 2 aromatic carbocycles. The molecule has 0 aliphatic rings. The minimum absolute atomic E-state index is 0.0237. The number of ketones is 1. The zero-order chi connectivity index (χ0) is 17.1. The highest BCUT2D eigenvalue weighted by Gasteiger charge is 2.20. The zero-order valence-electron chi connectivity index (χ0n) is 12.4. The number of hydrogen-bond donors (Lipinski definition) is 1. The van der Waals surface area contributed by atoms with E-state index in [1.54, 1.807) is 30.3 Å². The van der Waals surface area contributed by atoms with Crippen LogP contribution in [0.5, 0.6) is 0 Å². The van der Waals surface area contributed by atoms with Crippen LogP contribution in [0.25, 0.3) is 22.6 Å². The molecular weight excluding hydrogens is 326 g/mol. The van der Waals surface area contributed by atoms with Gasteiger partial charge in [-0.15, -0.1) is 0 Å². The molecule has 5 heteroatoms. The van der Waals surface area contributed by atoms with Crippen molar-refractivity contribution < 1.29 is 14.7 Å². The molecule has 0 aliphatic carbocycles. The van der Waals surface area contributed by atoms with Gasteiger partial charge in [0.2, 0.25) is 0 Å². The number of halogens is 1. The van der Waals surface area contributed by atoms with E-state index in [2.05, 4.69) is 4.98 Å². The molecule has 0 bridgehead atoms. The molecule has 0 amide bonds. The number of benzene rings is 2. The lowest BCUT2D eigenvalue weighted by Gasteiger charge is -2.06. The normalized spacial score (nSPS) is 11.5. The first-order chi connectivity index (χ1) is 11.5. The molecular formula is C19H12ClNO3. The first-order valence-corrected chi connectivity index (χ1v) is 7.53. The minimum Gasteiger partial charge on any atom is -0.475 e. The molecule has 0 saturated carbocycles. The molecule has 118 valence electrons. The third-order valence-electron chi connectivity index (χ3n) is 3.49. The molecule has 1 aromatic heterocycles. The van der Waals surface area contributed by atoms with Gasteiger partial charge in [-0.2, -0.15) is 0 Å². The molecule has 1 N–H and O–H groups in total. The number of carbonyl (C=O) groups excluding carboxylic acids is 1. The van der Waals surface area contributed by atoms with Gasteiger partial charge in [0.05, 0.1) is 16.8 Å². The van der Waals surface area contributed by atoms with Crippen LogP contribution >= 0.6 is 11.6 Å². The van der Waals surface area contributed by atoms with Gasteiger partial charge >= 0.3 is 5.97 Å². The van der Waals surface area contributed by atoms with Gasteiger partial charge in [-0.05, 0) is 35.9 Å². The van der Waals surface area contributed by atoms with Gasteiger partial charge in [-0.3, -0.25) is 4.79 Å². The van der Waals surface area contributed by atoms with E-state index in [0.29, 0.717) is 21.8 Å². The van der Waals surface area contributed by atoms with E-state index >= 15 is 0 Å². The molecule has 3 rings (SSSR count). The SMILES string of the molecule is O=C(O)C(=O)/C(=C\c1ccc(Cl)cc1)c1ccc2ccccc2n1. The molecule has 0 aliphatic heterocycles. The van der Waals surface area contributed by atoms with E-state index in [1.807, 2.05) is 30.3 Å². The predicted octanol–water partition coefficient (Wildman–Crippen LogP) is 4.08. The first kappa shape index (κ1) is 15.9. The molecule has 0 spiro atoms. The Hall–Kier alpha value is -2.98. The van der Waals surface area contributed by atoms with E-state index in [9.17, 15) is 9.59 Å². The van der Waals surface area contributed by atoms with E-state index in [-0.39, 0.29) is 5.57 Å². The number of hydrogen-bond acceptors (Lipinski definition) is 3. The second-order valence-electron chi connectivity index (χ2n) is 5.13. The first-order valence-electron chi connectivity index (χ1n) is 7.15. The van der Waals surface area contributed by atoms with Crippen molar-refractivity contribution >= 4 is 45.9 Å². The van der Waals surface area contributed by atoms with Crippen LogP contribution in [-0.4, -0.2) is 21.8 Å². The highest BCUT2D eigenvalue weighted by Crippen LogP contribution is 2.22. The number of aliphatic carboxylic acids is 1. The Morgan fingerprint density at radius 3 is 2.38 bits per heavy atom. The van der Waals surface area contributed by atoms with Crippen molar-refractivity contribution in [2.24, 2.45) is 0 Å². The number of carboxylic acids is 1. The maximum atomic E-state index is 12.1. The van der Waals surface area contributed by atoms with Crippen molar-refractivity contribution in [2.45, 2.75) is 0 Å². The Morgan fingerprint density at radius 2 is 1.67 bits per heavy atom. The summed E-state index contributed by atoms with van der Waals surface area (Å²) in [5.41, 5.74) is 1.70. The average Bonchev–Trinajstić information content (AvgIpc) is 2.60. The number of pyridine rings is 1. The summed E-state index contributed by atoms with van der Waals surface area (Å²) in [6.45, 7) is 0. The number of carbonyl (C=O) groups is 2. The monoisotopic (exact) mass is 337 g/mol. The van der Waals surface area contributed by atoms with Gasteiger partial charge < -0.3 is 5.11 Å². The standard InChI is InChI=1S/C19H12ClNO3/c20-14-8-5-12(6-9-14)11-15(18(22)19(23)24)17-10-7-13-3-1-2-4-16(13)21-17/h1-11H,(H,23,24)/b15-11-. The highest BCUT2D eigenvalue weighted by molar-refractivity contribution is 6.52. The van der Waals surface area contributed by atoms with Gasteiger partial charge in [0.15, 0.2) is 0 Å². The lowest BCUT2D eigenvalue weighted by atomic mass is 10.0. The van der Waals surface area contributed by atoms with Crippen LogP contribution in [-0.2, 0) is 9.59 Å². The van der Waals surface area contributed by atoms with Gasteiger partial charge in [-0.25, -0.2) is 9.78 Å². The van der Waals surface area contributed by atoms with Crippen LogP contribution in [0.15, 0.2) is 60.7 Å². The largest absolute Gasteiger partial charge is 0.475 e. The highest BCUT2D eigenvalue weighted by atomic mass is 35.5. The number of para-hydroxylation sites is 1. The van der Waals surface area contributed by atoms with Crippen LogP contribution in [0.2, 0.25) is 5.02 Å². The number of aromatic nitrogens is 1. The summed E-state index contributed by atoms with van der Waals surface area (Å²) in [5, 5.41) is 10.6. The van der Waals surface area contributed by atoms with Gasteiger partial charge in [0, 0.05) is 10.4 Å². The van der Waals surface area contributed by atoms with Gasteiger partial charge in [-0.1, -0.05) is 48.0 Å². The molecule has 0 atom stereocenters. The van der Waals surface area contributed by atoms with Crippen LogP contribution in [0.4, 0.5) is 0 Å². The Kier molecular flexibility index (Phi) is 4.40. The van der Waals surface area contributed by atoms with E-state index in [0.717, 1.165) is 5.39 Å². The number of Topliss-reactive ketones (excluding diaryl/α,β-unsaturated/α-hetero) is 1. The molecule has 3 aromatic rings.